The molecule has 7 nitrogen and oxygen atoms in total. The third-order valence-corrected chi connectivity index (χ3v) is 6.47. The van der Waals surface area contributed by atoms with Gasteiger partial charge in [-0.3, -0.25) is 14.9 Å². The van der Waals surface area contributed by atoms with Crippen molar-refractivity contribution < 1.29 is 19.2 Å². The fourth-order valence-corrected chi connectivity index (χ4v) is 5.00. The van der Waals surface area contributed by atoms with Crippen LogP contribution in [-0.4, -0.2) is 40.4 Å². The zero-order valence-corrected chi connectivity index (χ0v) is 19.8. The van der Waals surface area contributed by atoms with Gasteiger partial charge in [0.25, 0.3) is 0 Å². The minimum absolute atomic E-state index is 0.127. The predicted octanol–water partition coefficient (Wildman–Crippen LogP) is 4.61. The number of rotatable bonds is 6. The van der Waals surface area contributed by atoms with Crippen molar-refractivity contribution in [2.24, 2.45) is 11.3 Å². The summed E-state index contributed by atoms with van der Waals surface area (Å²) >= 11 is 0. The van der Waals surface area contributed by atoms with Crippen molar-refractivity contribution >= 4 is 11.9 Å². The Kier molecular flexibility index (Phi) is 7.20. The second-order valence-electron chi connectivity index (χ2n) is 9.60. The highest BCUT2D eigenvalue weighted by molar-refractivity contribution is 5.90. The lowest BCUT2D eigenvalue weighted by Gasteiger charge is -2.34. The van der Waals surface area contributed by atoms with Crippen LogP contribution in [0.1, 0.15) is 57.7 Å². The molecule has 1 aliphatic heterocycles. The number of likely N-dealkylation sites (tertiary alicyclic amines) is 1. The van der Waals surface area contributed by atoms with Gasteiger partial charge >= 0.3 is 5.97 Å². The molecule has 1 amide bonds. The van der Waals surface area contributed by atoms with Crippen LogP contribution in [0.15, 0.2) is 60.7 Å². The van der Waals surface area contributed by atoms with Crippen molar-refractivity contribution in [2.45, 2.75) is 58.7 Å². The molecule has 33 heavy (non-hydrogen) atoms. The molecule has 5 atom stereocenters. The molecule has 0 radical (unpaired) electrons. The van der Waals surface area contributed by atoms with Gasteiger partial charge in [0.1, 0.15) is 12.1 Å². The first-order valence-corrected chi connectivity index (χ1v) is 11.3. The van der Waals surface area contributed by atoms with Gasteiger partial charge in [-0.1, -0.05) is 81.4 Å². The molecule has 2 aromatic rings. The van der Waals surface area contributed by atoms with E-state index in [1.807, 2.05) is 57.2 Å². The Hall–Kier alpha value is -3.22. The summed E-state index contributed by atoms with van der Waals surface area (Å²) < 4.78 is 5.37. The van der Waals surface area contributed by atoms with E-state index in [2.05, 4.69) is 0 Å². The number of esters is 1. The Morgan fingerprint density at radius 2 is 1.61 bits per heavy atom. The highest BCUT2D eigenvalue weighted by Gasteiger charge is 2.64. The van der Waals surface area contributed by atoms with Gasteiger partial charge in [0.2, 0.25) is 11.9 Å². The van der Waals surface area contributed by atoms with E-state index < -0.39 is 41.3 Å². The molecule has 0 aromatic heterocycles. The molecule has 0 bridgehead atoms. The number of benzene rings is 2. The summed E-state index contributed by atoms with van der Waals surface area (Å²) in [6, 6.07) is 15.1. The van der Waals surface area contributed by atoms with Crippen molar-refractivity contribution in [1.82, 2.24) is 4.90 Å². The third kappa shape index (κ3) is 4.77. The first-order chi connectivity index (χ1) is 15.6. The van der Waals surface area contributed by atoms with E-state index in [4.69, 9.17) is 4.74 Å². The van der Waals surface area contributed by atoms with Crippen LogP contribution in [-0.2, 0) is 14.3 Å². The molecule has 1 aliphatic rings. The molecule has 1 fully saturated rings. The van der Waals surface area contributed by atoms with E-state index >= 15 is 0 Å². The average molecular weight is 453 g/mol. The number of nitrogens with zero attached hydrogens (tertiary/aromatic N) is 2. The standard InChI is InChI=1S/C26H32N2O5/c1-6-33-25(30)23-20(26(3,4)5)22(28(31)32)21(19-15-11-8-12-16-19)27(23)24(29)17(2)18-13-9-7-10-14-18/h7-17,20-23H,6H2,1-5H3/t17-,20+,21+,22+,23+/m0/s1. The largest absolute Gasteiger partial charge is 0.464 e. The molecule has 176 valence electrons. The van der Waals surface area contributed by atoms with Crippen LogP contribution in [0.25, 0.3) is 0 Å². The van der Waals surface area contributed by atoms with E-state index in [-0.39, 0.29) is 17.4 Å². The Balaban J connectivity index is 2.23. The summed E-state index contributed by atoms with van der Waals surface area (Å²) in [5.74, 6) is -2.24. The van der Waals surface area contributed by atoms with Gasteiger partial charge in [0, 0.05) is 4.92 Å². The summed E-state index contributed by atoms with van der Waals surface area (Å²) in [5, 5.41) is 12.5. The number of nitro groups is 1. The summed E-state index contributed by atoms with van der Waals surface area (Å²) in [6.45, 7) is 9.21. The minimum atomic E-state index is -1.16. The Labute approximate surface area is 194 Å². The van der Waals surface area contributed by atoms with E-state index in [9.17, 15) is 19.7 Å². The van der Waals surface area contributed by atoms with Crippen LogP contribution in [0.5, 0.6) is 0 Å². The van der Waals surface area contributed by atoms with Gasteiger partial charge in [0.15, 0.2) is 0 Å². The van der Waals surface area contributed by atoms with Crippen molar-refractivity contribution in [3.8, 4) is 0 Å². The highest BCUT2D eigenvalue weighted by atomic mass is 16.6. The smallest absolute Gasteiger partial charge is 0.329 e. The lowest BCUT2D eigenvalue weighted by atomic mass is 9.73. The average Bonchev–Trinajstić information content (AvgIpc) is 3.16. The predicted molar refractivity (Wildman–Crippen MR) is 125 cm³/mol. The number of amides is 1. The lowest BCUT2D eigenvalue weighted by Crippen LogP contribution is -2.49. The van der Waals surface area contributed by atoms with Crippen LogP contribution in [0.4, 0.5) is 0 Å². The molecule has 0 unspecified atom stereocenters. The van der Waals surface area contributed by atoms with E-state index in [1.165, 1.54) is 4.90 Å². The summed E-state index contributed by atoms with van der Waals surface area (Å²) in [5.41, 5.74) is 0.787. The van der Waals surface area contributed by atoms with Crippen molar-refractivity contribution in [3.63, 3.8) is 0 Å². The molecule has 0 N–H and O–H groups in total. The SMILES string of the molecule is CCOC(=O)[C@H]1[C@H](C(C)(C)C)[C@@H]([N+](=O)[O-])[C@@H](c2ccccc2)N1C(=O)[C@@H](C)c1ccccc1. The number of hydrogen-bond donors (Lipinski definition) is 0. The van der Waals surface area contributed by atoms with Gasteiger partial charge in [0.05, 0.1) is 18.4 Å². The van der Waals surface area contributed by atoms with Crippen LogP contribution in [0, 0.1) is 21.4 Å². The number of carbonyl (C=O) groups excluding carboxylic acids is 2. The Bertz CT molecular complexity index is 987. The highest BCUT2D eigenvalue weighted by Crippen LogP contribution is 2.50. The molecule has 0 saturated carbocycles. The summed E-state index contributed by atoms with van der Waals surface area (Å²) in [7, 11) is 0. The Morgan fingerprint density at radius 1 is 1.06 bits per heavy atom. The van der Waals surface area contributed by atoms with Crippen LogP contribution in [0.3, 0.4) is 0 Å². The maximum atomic E-state index is 14.0. The van der Waals surface area contributed by atoms with E-state index in [0.29, 0.717) is 5.56 Å². The second-order valence-corrected chi connectivity index (χ2v) is 9.60. The molecule has 1 heterocycles. The molecule has 1 saturated heterocycles. The molecule has 0 spiro atoms. The van der Waals surface area contributed by atoms with Gasteiger partial charge in [-0.15, -0.1) is 0 Å². The molecule has 7 heteroatoms. The lowest BCUT2D eigenvalue weighted by molar-refractivity contribution is -0.536. The van der Waals surface area contributed by atoms with Crippen LogP contribution < -0.4 is 0 Å². The fourth-order valence-electron chi connectivity index (χ4n) is 5.00. The molecular weight excluding hydrogens is 420 g/mol. The monoisotopic (exact) mass is 452 g/mol. The molecule has 2 aromatic carbocycles. The van der Waals surface area contributed by atoms with Crippen LogP contribution in [0.2, 0.25) is 0 Å². The van der Waals surface area contributed by atoms with Gasteiger partial charge in [-0.2, -0.15) is 0 Å². The topological polar surface area (TPSA) is 89.8 Å². The van der Waals surface area contributed by atoms with Crippen molar-refractivity contribution in [1.29, 1.82) is 0 Å². The van der Waals surface area contributed by atoms with E-state index in [1.54, 1.807) is 38.1 Å². The van der Waals surface area contributed by atoms with Crippen molar-refractivity contribution in [2.75, 3.05) is 6.61 Å². The molecule has 3 rings (SSSR count). The number of ether oxygens (including phenoxy) is 1. The normalized spacial score (nSPS) is 23.7. The number of carbonyl (C=O) groups is 2. The van der Waals surface area contributed by atoms with Gasteiger partial charge < -0.3 is 9.64 Å². The van der Waals surface area contributed by atoms with Crippen LogP contribution >= 0.6 is 0 Å². The third-order valence-electron chi connectivity index (χ3n) is 6.47. The quantitative estimate of drug-likeness (QED) is 0.363. The Morgan fingerprint density at radius 3 is 2.09 bits per heavy atom. The van der Waals surface area contributed by atoms with Gasteiger partial charge in [-0.05, 0) is 30.4 Å². The van der Waals surface area contributed by atoms with Crippen molar-refractivity contribution in [3.05, 3.63) is 81.9 Å². The first-order valence-electron chi connectivity index (χ1n) is 11.3. The van der Waals surface area contributed by atoms with Gasteiger partial charge in [-0.25, -0.2) is 4.79 Å². The fraction of sp³-hybridized carbons (Fsp3) is 0.462. The zero-order valence-electron chi connectivity index (χ0n) is 19.8. The summed E-state index contributed by atoms with van der Waals surface area (Å²) in [6.07, 6.45) is 0. The van der Waals surface area contributed by atoms with E-state index in [0.717, 1.165) is 5.56 Å². The summed E-state index contributed by atoms with van der Waals surface area (Å²) in [4.78, 5) is 40.9. The first kappa shape index (κ1) is 24.4. The number of hydrogen-bond acceptors (Lipinski definition) is 5. The molecular formula is C26H32N2O5. The maximum Gasteiger partial charge on any atom is 0.329 e. The second kappa shape index (κ2) is 9.73. The minimum Gasteiger partial charge on any atom is -0.464 e. The zero-order chi connectivity index (χ0) is 24.3. The molecule has 0 aliphatic carbocycles. The maximum absolute atomic E-state index is 14.0.